The van der Waals surface area contributed by atoms with Gasteiger partial charge >= 0.3 is 5.97 Å². The van der Waals surface area contributed by atoms with Crippen molar-refractivity contribution in [3.63, 3.8) is 0 Å². The first-order valence-corrected chi connectivity index (χ1v) is 11.7. The summed E-state index contributed by atoms with van der Waals surface area (Å²) in [5, 5.41) is 14.0. The highest BCUT2D eigenvalue weighted by Crippen LogP contribution is 2.25. The fourth-order valence-corrected chi connectivity index (χ4v) is 3.67. The highest BCUT2D eigenvalue weighted by Gasteiger charge is 2.13. The SMILES string of the molecule is COC(=O)C(=Cc1ccc(OCC(O)CNCc2ccc(OC)cc2OC)cc1)c1cccc(Cl)c1. The zero-order chi connectivity index (χ0) is 25.9. The molecule has 0 radical (unpaired) electrons. The number of carbonyl (C=O) groups is 1. The largest absolute Gasteiger partial charge is 0.497 e. The summed E-state index contributed by atoms with van der Waals surface area (Å²) in [6.07, 6.45) is 1.02. The lowest BCUT2D eigenvalue weighted by molar-refractivity contribution is -0.133. The molecular formula is C28H30ClNO6. The maximum Gasteiger partial charge on any atom is 0.338 e. The van der Waals surface area contributed by atoms with Gasteiger partial charge in [0.1, 0.15) is 30.0 Å². The van der Waals surface area contributed by atoms with E-state index in [4.69, 9.17) is 30.5 Å². The predicted octanol–water partition coefficient (Wildman–Crippen LogP) is 4.60. The topological polar surface area (TPSA) is 86.3 Å². The molecule has 0 spiro atoms. The van der Waals surface area contributed by atoms with E-state index in [1.165, 1.54) is 7.11 Å². The number of carbonyl (C=O) groups excluding carboxylic acids is 1. The standard InChI is InChI=1S/C28H30ClNO6/c1-33-25-12-9-21(27(15-25)34-2)16-30-17-23(31)18-36-24-10-7-19(8-11-24)13-26(28(32)35-3)20-5-4-6-22(29)14-20/h4-15,23,30-31H,16-18H2,1-3H3. The summed E-state index contributed by atoms with van der Waals surface area (Å²) in [6.45, 7) is 0.996. The number of ether oxygens (including phenoxy) is 4. The number of methoxy groups -OCH3 is 3. The first-order valence-electron chi connectivity index (χ1n) is 11.3. The molecule has 36 heavy (non-hydrogen) atoms. The Morgan fingerprint density at radius 3 is 2.42 bits per heavy atom. The Morgan fingerprint density at radius 2 is 1.75 bits per heavy atom. The molecule has 0 aromatic heterocycles. The van der Waals surface area contributed by atoms with Crippen LogP contribution in [0.15, 0.2) is 66.7 Å². The molecule has 0 fully saturated rings. The van der Waals surface area contributed by atoms with Gasteiger partial charge in [-0.15, -0.1) is 0 Å². The van der Waals surface area contributed by atoms with Gasteiger partial charge in [-0.1, -0.05) is 41.9 Å². The molecule has 3 aromatic rings. The minimum atomic E-state index is -0.706. The Kier molecular flexibility index (Phi) is 10.2. The van der Waals surface area contributed by atoms with Crippen LogP contribution in [0.4, 0.5) is 0 Å². The summed E-state index contributed by atoms with van der Waals surface area (Å²) in [7, 11) is 4.55. The third-order valence-corrected chi connectivity index (χ3v) is 5.60. The number of aliphatic hydroxyl groups is 1. The summed E-state index contributed by atoms with van der Waals surface area (Å²) >= 11 is 6.08. The molecule has 3 rings (SSSR count). The molecule has 1 atom stereocenters. The van der Waals surface area contributed by atoms with E-state index in [-0.39, 0.29) is 6.61 Å². The molecule has 0 aliphatic heterocycles. The predicted molar refractivity (Wildman–Crippen MR) is 141 cm³/mol. The van der Waals surface area contributed by atoms with Crippen LogP contribution in [-0.4, -0.2) is 51.7 Å². The molecule has 3 aromatic carbocycles. The molecule has 0 saturated carbocycles. The van der Waals surface area contributed by atoms with Gasteiger partial charge in [0.25, 0.3) is 0 Å². The summed E-state index contributed by atoms with van der Waals surface area (Å²) in [5.74, 6) is 1.58. The molecule has 0 amide bonds. The average molecular weight is 512 g/mol. The van der Waals surface area contributed by atoms with Crippen molar-refractivity contribution in [2.75, 3.05) is 34.5 Å². The van der Waals surface area contributed by atoms with Crippen LogP contribution in [0.2, 0.25) is 5.02 Å². The van der Waals surface area contributed by atoms with Crippen LogP contribution in [0.3, 0.4) is 0 Å². The summed E-state index contributed by atoms with van der Waals surface area (Å²) < 4.78 is 21.2. The minimum Gasteiger partial charge on any atom is -0.497 e. The Hall–Kier alpha value is -3.52. The van der Waals surface area contributed by atoms with Gasteiger partial charge in [0, 0.05) is 29.7 Å². The fraction of sp³-hybridized carbons (Fsp3) is 0.250. The van der Waals surface area contributed by atoms with E-state index in [1.807, 2.05) is 30.3 Å². The molecule has 7 nitrogen and oxygen atoms in total. The van der Waals surface area contributed by atoms with E-state index in [1.54, 1.807) is 56.7 Å². The quantitative estimate of drug-likeness (QED) is 0.209. The zero-order valence-corrected chi connectivity index (χ0v) is 21.2. The molecule has 190 valence electrons. The summed E-state index contributed by atoms with van der Waals surface area (Å²) in [4.78, 5) is 12.3. The molecular weight excluding hydrogens is 482 g/mol. The number of rotatable bonds is 12. The monoisotopic (exact) mass is 511 g/mol. The Morgan fingerprint density at radius 1 is 1.00 bits per heavy atom. The van der Waals surface area contributed by atoms with Crippen molar-refractivity contribution >= 4 is 29.2 Å². The summed E-state index contributed by atoms with van der Waals surface area (Å²) in [5.41, 5.74) is 2.80. The van der Waals surface area contributed by atoms with E-state index < -0.39 is 12.1 Å². The molecule has 1 unspecified atom stereocenters. The van der Waals surface area contributed by atoms with Crippen LogP contribution in [0, 0.1) is 0 Å². The molecule has 2 N–H and O–H groups in total. The second kappa shape index (κ2) is 13.5. The van der Waals surface area contributed by atoms with E-state index in [9.17, 15) is 9.90 Å². The van der Waals surface area contributed by atoms with Crippen LogP contribution < -0.4 is 19.5 Å². The van der Waals surface area contributed by atoms with Gasteiger partial charge in [0.15, 0.2) is 0 Å². The number of hydrogen-bond acceptors (Lipinski definition) is 7. The second-order valence-corrected chi connectivity index (χ2v) is 8.34. The van der Waals surface area contributed by atoms with Crippen molar-refractivity contribution in [1.29, 1.82) is 0 Å². The third kappa shape index (κ3) is 7.75. The highest BCUT2D eigenvalue weighted by atomic mass is 35.5. The number of nitrogens with one attached hydrogen (secondary N) is 1. The van der Waals surface area contributed by atoms with Crippen LogP contribution in [0.1, 0.15) is 16.7 Å². The second-order valence-electron chi connectivity index (χ2n) is 7.90. The molecule has 0 aliphatic carbocycles. The fourth-order valence-electron chi connectivity index (χ4n) is 3.48. The van der Waals surface area contributed by atoms with E-state index in [2.05, 4.69) is 5.32 Å². The Balaban J connectivity index is 1.54. The summed E-state index contributed by atoms with van der Waals surface area (Å²) in [6, 6.07) is 19.8. The van der Waals surface area contributed by atoms with Crippen LogP contribution in [0.5, 0.6) is 17.2 Å². The van der Waals surface area contributed by atoms with E-state index >= 15 is 0 Å². The highest BCUT2D eigenvalue weighted by molar-refractivity contribution is 6.31. The van der Waals surface area contributed by atoms with Crippen LogP contribution >= 0.6 is 11.6 Å². The van der Waals surface area contributed by atoms with Gasteiger partial charge in [0.2, 0.25) is 0 Å². The zero-order valence-electron chi connectivity index (χ0n) is 20.5. The third-order valence-electron chi connectivity index (χ3n) is 5.36. The van der Waals surface area contributed by atoms with Gasteiger partial charge in [-0.3, -0.25) is 0 Å². The van der Waals surface area contributed by atoms with Crippen LogP contribution in [-0.2, 0) is 16.1 Å². The van der Waals surface area contributed by atoms with Gasteiger partial charge in [-0.25, -0.2) is 4.79 Å². The maximum absolute atomic E-state index is 12.3. The van der Waals surface area contributed by atoms with Crippen molar-refractivity contribution in [2.24, 2.45) is 0 Å². The average Bonchev–Trinajstić information content (AvgIpc) is 2.90. The van der Waals surface area contributed by atoms with Crippen molar-refractivity contribution in [3.8, 4) is 17.2 Å². The molecule has 0 bridgehead atoms. The maximum atomic E-state index is 12.3. The van der Waals surface area contributed by atoms with Crippen molar-refractivity contribution < 1.29 is 28.8 Å². The molecule has 8 heteroatoms. The smallest absolute Gasteiger partial charge is 0.338 e. The number of halogens is 1. The van der Waals surface area contributed by atoms with Gasteiger partial charge in [0.05, 0.1) is 26.9 Å². The van der Waals surface area contributed by atoms with E-state index in [0.29, 0.717) is 40.7 Å². The van der Waals surface area contributed by atoms with Crippen molar-refractivity contribution in [1.82, 2.24) is 5.32 Å². The van der Waals surface area contributed by atoms with Gasteiger partial charge < -0.3 is 29.4 Å². The van der Waals surface area contributed by atoms with Crippen molar-refractivity contribution in [3.05, 3.63) is 88.4 Å². The van der Waals surface area contributed by atoms with Crippen molar-refractivity contribution in [2.45, 2.75) is 12.6 Å². The van der Waals surface area contributed by atoms with Gasteiger partial charge in [-0.2, -0.15) is 0 Å². The lowest BCUT2D eigenvalue weighted by Crippen LogP contribution is -2.31. The lowest BCUT2D eigenvalue weighted by Gasteiger charge is -2.15. The first-order chi connectivity index (χ1) is 17.4. The number of benzene rings is 3. The Bertz CT molecular complexity index is 1180. The molecule has 0 heterocycles. The van der Waals surface area contributed by atoms with Gasteiger partial charge in [-0.05, 0) is 47.5 Å². The van der Waals surface area contributed by atoms with E-state index in [0.717, 1.165) is 16.9 Å². The first kappa shape index (κ1) is 27.1. The minimum absolute atomic E-state index is 0.123. The normalized spacial score (nSPS) is 12.1. The number of esters is 1. The number of aliphatic hydroxyl groups excluding tert-OH is 1. The number of hydrogen-bond donors (Lipinski definition) is 2. The molecule has 0 aliphatic rings. The molecule has 0 saturated heterocycles. The van der Waals surface area contributed by atoms with Crippen LogP contribution in [0.25, 0.3) is 11.6 Å². The Labute approximate surface area is 216 Å². The lowest BCUT2D eigenvalue weighted by atomic mass is 10.0.